The normalized spacial score (nSPS) is 11.1. The monoisotopic (exact) mass is 338 g/mol. The molecule has 7 heteroatoms. The quantitative estimate of drug-likeness (QED) is 0.789. The van der Waals surface area contributed by atoms with E-state index in [0.717, 1.165) is 0 Å². The minimum Gasteiger partial charge on any atom is -0.444 e. The molecular weight excluding hydrogens is 323 g/mol. The van der Waals surface area contributed by atoms with Crippen LogP contribution in [0, 0.1) is 0 Å². The molecule has 2 N–H and O–H groups in total. The molecule has 0 spiro atoms. The maximum atomic E-state index is 11.4. The second-order valence-electron chi connectivity index (χ2n) is 5.10. The molecular formula is C13H17Cl3N2O2. The largest absolute Gasteiger partial charge is 0.444 e. The number of rotatable bonds is 4. The van der Waals surface area contributed by atoms with Gasteiger partial charge in [-0.3, -0.25) is 0 Å². The number of alkyl carbamates (subject to hydrolysis) is 1. The van der Waals surface area contributed by atoms with Crippen molar-refractivity contribution in [3.05, 3.63) is 27.2 Å². The van der Waals surface area contributed by atoms with E-state index in [1.807, 2.05) is 0 Å². The number of ether oxygens (including phenoxy) is 1. The summed E-state index contributed by atoms with van der Waals surface area (Å²) in [7, 11) is 0. The average molecular weight is 340 g/mol. The Hall–Kier alpha value is -0.840. The number of carbonyl (C=O) groups is 1. The number of hydrogen-bond acceptors (Lipinski definition) is 3. The first-order valence-corrected chi connectivity index (χ1v) is 7.18. The van der Waals surface area contributed by atoms with Gasteiger partial charge >= 0.3 is 6.09 Å². The van der Waals surface area contributed by atoms with Crippen LogP contribution < -0.4 is 10.6 Å². The maximum Gasteiger partial charge on any atom is 0.407 e. The summed E-state index contributed by atoms with van der Waals surface area (Å²) in [5, 5.41) is 6.99. The molecule has 0 heterocycles. The van der Waals surface area contributed by atoms with Gasteiger partial charge in [0.1, 0.15) is 5.60 Å². The number of halogens is 3. The molecule has 0 unspecified atom stereocenters. The zero-order chi connectivity index (χ0) is 15.3. The number of nitrogens with one attached hydrogen (secondary N) is 2. The second-order valence-corrected chi connectivity index (χ2v) is 6.35. The van der Waals surface area contributed by atoms with E-state index in [1.165, 1.54) is 0 Å². The van der Waals surface area contributed by atoms with Gasteiger partial charge in [-0.25, -0.2) is 4.79 Å². The van der Waals surface area contributed by atoms with Crippen LogP contribution in [-0.2, 0) is 4.74 Å². The number of amides is 1. The van der Waals surface area contributed by atoms with Crippen molar-refractivity contribution in [2.24, 2.45) is 0 Å². The Kier molecular flexibility index (Phi) is 6.24. The van der Waals surface area contributed by atoms with Crippen molar-refractivity contribution in [1.82, 2.24) is 5.32 Å². The molecule has 0 atom stereocenters. The number of carbonyl (C=O) groups excluding carboxylic acids is 1. The third-order valence-corrected chi connectivity index (χ3v) is 2.92. The number of hydrogen-bond donors (Lipinski definition) is 2. The number of benzene rings is 1. The smallest absolute Gasteiger partial charge is 0.407 e. The molecule has 0 fully saturated rings. The maximum absolute atomic E-state index is 11.4. The van der Waals surface area contributed by atoms with Gasteiger partial charge in [-0.1, -0.05) is 34.8 Å². The molecule has 4 nitrogen and oxygen atoms in total. The molecule has 0 aliphatic heterocycles. The summed E-state index contributed by atoms with van der Waals surface area (Å²) in [6.07, 6.45) is -0.465. The zero-order valence-electron chi connectivity index (χ0n) is 11.5. The van der Waals surface area contributed by atoms with Crippen molar-refractivity contribution in [2.75, 3.05) is 18.4 Å². The molecule has 20 heavy (non-hydrogen) atoms. The van der Waals surface area contributed by atoms with E-state index in [1.54, 1.807) is 32.9 Å². The van der Waals surface area contributed by atoms with Crippen molar-refractivity contribution in [3.8, 4) is 0 Å². The lowest BCUT2D eigenvalue weighted by atomic mass is 10.2. The Labute approximate surface area is 133 Å². The van der Waals surface area contributed by atoms with Crippen LogP contribution in [0.3, 0.4) is 0 Å². The minimum absolute atomic E-state index is 0.379. The molecule has 112 valence electrons. The lowest BCUT2D eigenvalue weighted by molar-refractivity contribution is 0.0530. The molecule has 1 amide bonds. The van der Waals surface area contributed by atoms with Crippen molar-refractivity contribution >= 4 is 46.6 Å². The van der Waals surface area contributed by atoms with Crippen LogP contribution in [0.4, 0.5) is 10.5 Å². The summed E-state index contributed by atoms with van der Waals surface area (Å²) in [4.78, 5) is 11.4. The minimum atomic E-state index is -0.514. The Morgan fingerprint density at radius 3 is 2.20 bits per heavy atom. The summed E-state index contributed by atoms with van der Waals surface area (Å²) >= 11 is 17.9. The molecule has 0 aliphatic rings. The van der Waals surface area contributed by atoms with Gasteiger partial charge in [0.05, 0.1) is 15.7 Å². The molecule has 1 rings (SSSR count). The summed E-state index contributed by atoms with van der Waals surface area (Å²) < 4.78 is 5.11. The Bertz CT molecular complexity index is 464. The fourth-order valence-corrected chi connectivity index (χ4v) is 2.33. The van der Waals surface area contributed by atoms with E-state index in [4.69, 9.17) is 39.5 Å². The van der Waals surface area contributed by atoms with Gasteiger partial charge in [-0.05, 0) is 32.9 Å². The van der Waals surface area contributed by atoms with Gasteiger partial charge < -0.3 is 15.4 Å². The van der Waals surface area contributed by atoms with Crippen molar-refractivity contribution in [1.29, 1.82) is 0 Å². The van der Waals surface area contributed by atoms with Crippen molar-refractivity contribution in [3.63, 3.8) is 0 Å². The highest BCUT2D eigenvalue weighted by Crippen LogP contribution is 2.33. The topological polar surface area (TPSA) is 50.4 Å². The standard InChI is InChI=1S/C13H17Cl3N2O2/c1-13(2,3)20-12(19)18-5-4-17-11-9(15)6-8(14)7-10(11)16/h6-7,17H,4-5H2,1-3H3,(H,18,19). The van der Waals surface area contributed by atoms with E-state index >= 15 is 0 Å². The molecule has 1 aromatic rings. The summed E-state index contributed by atoms with van der Waals surface area (Å²) in [5.74, 6) is 0. The lowest BCUT2D eigenvalue weighted by Gasteiger charge is -2.19. The molecule has 0 saturated carbocycles. The van der Waals surface area contributed by atoms with Crippen LogP contribution in [0.5, 0.6) is 0 Å². The Morgan fingerprint density at radius 1 is 1.15 bits per heavy atom. The van der Waals surface area contributed by atoms with Crippen LogP contribution in [0.15, 0.2) is 12.1 Å². The van der Waals surface area contributed by atoms with Crippen LogP contribution in [0.1, 0.15) is 20.8 Å². The molecule has 0 aliphatic carbocycles. The van der Waals surface area contributed by atoms with E-state index in [0.29, 0.717) is 33.8 Å². The first kappa shape index (κ1) is 17.2. The Morgan fingerprint density at radius 2 is 1.70 bits per heavy atom. The first-order chi connectivity index (χ1) is 9.19. The molecule has 0 aromatic heterocycles. The van der Waals surface area contributed by atoms with Crippen molar-refractivity contribution < 1.29 is 9.53 Å². The van der Waals surface area contributed by atoms with Crippen LogP contribution in [-0.4, -0.2) is 24.8 Å². The summed E-state index contributed by atoms with van der Waals surface area (Å²) in [6, 6.07) is 3.19. The van der Waals surface area contributed by atoms with Gasteiger partial charge in [0.25, 0.3) is 0 Å². The van der Waals surface area contributed by atoms with Crippen LogP contribution in [0.25, 0.3) is 0 Å². The Balaban J connectivity index is 2.41. The lowest BCUT2D eigenvalue weighted by Crippen LogP contribution is -2.35. The average Bonchev–Trinajstić information content (AvgIpc) is 2.23. The van der Waals surface area contributed by atoms with Crippen LogP contribution >= 0.6 is 34.8 Å². The summed E-state index contributed by atoms with van der Waals surface area (Å²) in [5.41, 5.74) is 0.0732. The third kappa shape index (κ3) is 6.07. The zero-order valence-corrected chi connectivity index (χ0v) is 13.8. The van der Waals surface area contributed by atoms with Crippen molar-refractivity contribution in [2.45, 2.75) is 26.4 Å². The van der Waals surface area contributed by atoms with E-state index < -0.39 is 11.7 Å². The van der Waals surface area contributed by atoms with Crippen LogP contribution in [0.2, 0.25) is 15.1 Å². The van der Waals surface area contributed by atoms with E-state index in [-0.39, 0.29) is 0 Å². The number of anilines is 1. The van der Waals surface area contributed by atoms with Gasteiger partial charge in [-0.2, -0.15) is 0 Å². The van der Waals surface area contributed by atoms with E-state index in [9.17, 15) is 4.79 Å². The predicted molar refractivity (Wildman–Crippen MR) is 84.2 cm³/mol. The summed E-state index contributed by atoms with van der Waals surface area (Å²) in [6.45, 7) is 6.25. The van der Waals surface area contributed by atoms with Gasteiger partial charge in [-0.15, -0.1) is 0 Å². The SMILES string of the molecule is CC(C)(C)OC(=O)NCCNc1c(Cl)cc(Cl)cc1Cl. The molecule has 0 saturated heterocycles. The van der Waals surface area contributed by atoms with Gasteiger partial charge in [0.15, 0.2) is 0 Å². The second kappa shape index (κ2) is 7.25. The highest BCUT2D eigenvalue weighted by molar-refractivity contribution is 6.41. The first-order valence-electron chi connectivity index (χ1n) is 6.04. The molecule has 0 bridgehead atoms. The fourth-order valence-electron chi connectivity index (χ4n) is 1.38. The third-order valence-electron chi connectivity index (χ3n) is 2.10. The molecule has 1 aromatic carbocycles. The highest BCUT2D eigenvalue weighted by Gasteiger charge is 2.15. The predicted octanol–water partition coefficient (Wildman–Crippen LogP) is 4.58. The van der Waals surface area contributed by atoms with Gasteiger partial charge in [0, 0.05) is 18.1 Å². The molecule has 0 radical (unpaired) electrons. The fraction of sp³-hybridized carbons (Fsp3) is 0.462. The highest BCUT2D eigenvalue weighted by atomic mass is 35.5. The van der Waals surface area contributed by atoms with Gasteiger partial charge in [0.2, 0.25) is 0 Å². The van der Waals surface area contributed by atoms with E-state index in [2.05, 4.69) is 10.6 Å².